The zero-order chi connectivity index (χ0) is 20.8. The molecule has 2 saturated heterocycles. The number of hydrogen-bond donors (Lipinski definition) is 2. The first-order valence-electron chi connectivity index (χ1n) is 9.52. The topological polar surface area (TPSA) is 86.5 Å². The number of anilines is 2. The maximum Gasteiger partial charge on any atom is 0.268 e. The SMILES string of the molecule is Cn1c(N2CCC3(CC2)COC[C@H]3N)cc(N)c(Sc2cccc(Cl)c2Cl)c1=O. The standard InChI is InChI=1S/C20H24Cl2N4O2S/c1-25-16(26-7-5-20(6-8-26)11-28-10-15(20)24)9-13(23)18(19(25)27)29-14-4-2-3-12(21)17(14)22/h2-4,9,15H,5-8,10-11,23-24H2,1H3/t15-/m1/s1. The quantitative estimate of drug-likeness (QED) is 0.738. The molecule has 3 heterocycles. The number of aromatic nitrogens is 1. The van der Waals surface area contributed by atoms with Gasteiger partial charge in [0.2, 0.25) is 0 Å². The summed E-state index contributed by atoms with van der Waals surface area (Å²) in [5.74, 6) is 0.816. The Morgan fingerprint density at radius 3 is 2.66 bits per heavy atom. The molecule has 0 saturated carbocycles. The number of nitrogens with zero attached hydrogens (tertiary/aromatic N) is 2. The second kappa shape index (κ2) is 8.04. The lowest BCUT2D eigenvalue weighted by molar-refractivity contribution is 0.131. The molecule has 156 valence electrons. The van der Waals surface area contributed by atoms with Crippen LogP contribution in [-0.4, -0.2) is 36.9 Å². The molecule has 1 aromatic heterocycles. The maximum absolute atomic E-state index is 13.1. The Balaban J connectivity index is 1.59. The molecule has 1 aromatic carbocycles. The van der Waals surface area contributed by atoms with E-state index >= 15 is 0 Å². The Labute approximate surface area is 184 Å². The fourth-order valence-corrected chi connectivity index (χ4v) is 5.57. The van der Waals surface area contributed by atoms with Crippen LogP contribution in [0.2, 0.25) is 10.0 Å². The molecule has 9 heteroatoms. The van der Waals surface area contributed by atoms with E-state index in [1.165, 1.54) is 11.8 Å². The van der Waals surface area contributed by atoms with Crippen molar-refractivity contribution in [2.75, 3.05) is 36.9 Å². The first kappa shape index (κ1) is 20.9. The van der Waals surface area contributed by atoms with Crippen molar-refractivity contribution in [1.29, 1.82) is 0 Å². The number of nitrogens with two attached hydrogens (primary N) is 2. The third-order valence-corrected chi connectivity index (χ3v) is 8.18. The number of nitrogen functional groups attached to an aromatic ring is 1. The van der Waals surface area contributed by atoms with E-state index in [-0.39, 0.29) is 17.0 Å². The van der Waals surface area contributed by atoms with Gasteiger partial charge in [-0.3, -0.25) is 9.36 Å². The molecule has 0 radical (unpaired) electrons. The molecule has 4 rings (SSSR count). The lowest BCUT2D eigenvalue weighted by Gasteiger charge is -2.42. The van der Waals surface area contributed by atoms with Gasteiger partial charge >= 0.3 is 0 Å². The van der Waals surface area contributed by atoms with E-state index in [0.29, 0.717) is 32.1 Å². The van der Waals surface area contributed by atoms with Gasteiger partial charge in [0.1, 0.15) is 10.7 Å². The third-order valence-electron chi connectivity index (χ3n) is 6.07. The van der Waals surface area contributed by atoms with Gasteiger partial charge in [0.05, 0.1) is 28.9 Å². The van der Waals surface area contributed by atoms with Crippen LogP contribution in [-0.2, 0) is 11.8 Å². The minimum Gasteiger partial charge on any atom is -0.398 e. The van der Waals surface area contributed by atoms with Crippen molar-refractivity contribution in [1.82, 2.24) is 4.57 Å². The molecule has 6 nitrogen and oxygen atoms in total. The summed E-state index contributed by atoms with van der Waals surface area (Å²) in [7, 11) is 1.77. The van der Waals surface area contributed by atoms with Gasteiger partial charge in [-0.05, 0) is 25.0 Å². The second-order valence-electron chi connectivity index (χ2n) is 7.78. The monoisotopic (exact) mass is 454 g/mol. The lowest BCUT2D eigenvalue weighted by Crippen LogP contribution is -2.50. The lowest BCUT2D eigenvalue weighted by atomic mass is 9.75. The van der Waals surface area contributed by atoms with Gasteiger partial charge in [-0.2, -0.15) is 0 Å². The highest BCUT2D eigenvalue weighted by Crippen LogP contribution is 2.41. The predicted molar refractivity (Wildman–Crippen MR) is 119 cm³/mol. The molecule has 0 aliphatic carbocycles. The van der Waals surface area contributed by atoms with Crippen LogP contribution < -0.4 is 21.9 Å². The number of pyridine rings is 1. The Bertz CT molecular complexity index is 989. The van der Waals surface area contributed by atoms with Crippen molar-refractivity contribution >= 4 is 46.5 Å². The van der Waals surface area contributed by atoms with Crippen molar-refractivity contribution in [3.63, 3.8) is 0 Å². The normalized spacial score (nSPS) is 21.1. The van der Waals surface area contributed by atoms with E-state index in [9.17, 15) is 4.79 Å². The van der Waals surface area contributed by atoms with Gasteiger partial charge < -0.3 is 21.1 Å². The van der Waals surface area contributed by atoms with Crippen LogP contribution in [0.25, 0.3) is 0 Å². The molecule has 2 aliphatic rings. The molecule has 2 aliphatic heterocycles. The summed E-state index contributed by atoms with van der Waals surface area (Å²) in [5, 5.41) is 0.862. The van der Waals surface area contributed by atoms with Gasteiger partial charge in [-0.15, -0.1) is 0 Å². The molecule has 0 amide bonds. The summed E-state index contributed by atoms with van der Waals surface area (Å²) in [5.41, 5.74) is 12.9. The Morgan fingerprint density at radius 2 is 2.00 bits per heavy atom. The van der Waals surface area contributed by atoms with Crippen LogP contribution >= 0.6 is 35.0 Å². The molecule has 4 N–H and O–H groups in total. The average Bonchev–Trinajstić information content (AvgIpc) is 3.05. The van der Waals surface area contributed by atoms with Gasteiger partial charge in [0.25, 0.3) is 5.56 Å². The first-order chi connectivity index (χ1) is 13.8. The van der Waals surface area contributed by atoms with E-state index in [0.717, 1.165) is 38.4 Å². The zero-order valence-corrected chi connectivity index (χ0v) is 18.5. The fraction of sp³-hybridized carbons (Fsp3) is 0.450. The van der Waals surface area contributed by atoms with E-state index < -0.39 is 0 Å². The number of benzene rings is 1. The van der Waals surface area contributed by atoms with Crippen LogP contribution in [0, 0.1) is 5.41 Å². The highest BCUT2D eigenvalue weighted by Gasteiger charge is 2.44. The molecule has 0 bridgehead atoms. The molecular formula is C20H24Cl2N4O2S. The van der Waals surface area contributed by atoms with Crippen LogP contribution in [0.1, 0.15) is 12.8 Å². The Morgan fingerprint density at radius 1 is 1.28 bits per heavy atom. The Kier molecular flexibility index (Phi) is 5.79. The van der Waals surface area contributed by atoms with Crippen molar-refractivity contribution in [2.24, 2.45) is 18.2 Å². The van der Waals surface area contributed by atoms with Crippen molar-refractivity contribution < 1.29 is 4.74 Å². The van der Waals surface area contributed by atoms with E-state index in [1.807, 2.05) is 12.1 Å². The predicted octanol–water partition coefficient (Wildman–Crippen LogP) is 3.37. The van der Waals surface area contributed by atoms with Crippen LogP contribution in [0.5, 0.6) is 0 Å². The van der Waals surface area contributed by atoms with E-state index in [4.69, 9.17) is 39.4 Å². The molecule has 2 fully saturated rings. The van der Waals surface area contributed by atoms with E-state index in [2.05, 4.69) is 4.90 Å². The number of hydrogen-bond acceptors (Lipinski definition) is 6. The molecular weight excluding hydrogens is 431 g/mol. The fourth-order valence-electron chi connectivity index (χ4n) is 4.13. The van der Waals surface area contributed by atoms with Crippen molar-refractivity contribution in [2.45, 2.75) is 28.7 Å². The largest absolute Gasteiger partial charge is 0.398 e. The number of halogens is 2. The Hall–Kier alpha value is -1.38. The molecule has 1 spiro atoms. The van der Waals surface area contributed by atoms with Crippen LogP contribution in [0.3, 0.4) is 0 Å². The molecule has 0 unspecified atom stereocenters. The third kappa shape index (κ3) is 3.75. The molecule has 1 atom stereocenters. The highest BCUT2D eigenvalue weighted by molar-refractivity contribution is 7.99. The van der Waals surface area contributed by atoms with E-state index in [1.54, 1.807) is 23.7 Å². The molecule has 29 heavy (non-hydrogen) atoms. The molecule has 2 aromatic rings. The smallest absolute Gasteiger partial charge is 0.268 e. The second-order valence-corrected chi connectivity index (χ2v) is 9.61. The summed E-state index contributed by atoms with van der Waals surface area (Å²) >= 11 is 13.6. The van der Waals surface area contributed by atoms with Gasteiger partial charge in [-0.1, -0.05) is 41.0 Å². The average molecular weight is 455 g/mol. The highest BCUT2D eigenvalue weighted by atomic mass is 35.5. The van der Waals surface area contributed by atoms with Gasteiger partial charge in [0.15, 0.2) is 0 Å². The summed E-state index contributed by atoms with van der Waals surface area (Å²) in [6.45, 7) is 2.98. The number of ether oxygens (including phenoxy) is 1. The minimum absolute atomic E-state index is 0.0556. The van der Waals surface area contributed by atoms with Gasteiger partial charge in [0, 0.05) is 42.6 Å². The summed E-state index contributed by atoms with van der Waals surface area (Å²) in [6.07, 6.45) is 1.88. The van der Waals surface area contributed by atoms with Gasteiger partial charge in [-0.25, -0.2) is 0 Å². The number of piperidine rings is 1. The number of rotatable bonds is 3. The zero-order valence-electron chi connectivity index (χ0n) is 16.2. The summed E-state index contributed by atoms with van der Waals surface area (Å²) in [6, 6.07) is 7.28. The minimum atomic E-state index is -0.151. The summed E-state index contributed by atoms with van der Waals surface area (Å²) < 4.78 is 7.25. The van der Waals surface area contributed by atoms with Crippen LogP contribution in [0.15, 0.2) is 38.9 Å². The first-order valence-corrected chi connectivity index (χ1v) is 11.1. The van der Waals surface area contributed by atoms with Crippen molar-refractivity contribution in [3.8, 4) is 0 Å². The van der Waals surface area contributed by atoms with Crippen molar-refractivity contribution in [3.05, 3.63) is 44.7 Å². The van der Waals surface area contributed by atoms with Crippen LogP contribution in [0.4, 0.5) is 11.5 Å². The summed E-state index contributed by atoms with van der Waals surface area (Å²) in [4.78, 5) is 16.4. The maximum atomic E-state index is 13.1.